The molecule has 0 atom stereocenters. The average Bonchev–Trinajstić information content (AvgIpc) is 2.97. The standard InChI is InChI=1S/C21H20BrFN2O3S/c1-3-8-25-20(26)17(24-21(25)29)9-14-10-18(27-2)19(11-16(14)22)28-12-13-4-6-15(23)7-5-13/h4-7,9-11H,3,8,12H2,1-2H3,(H,24,29). The molecule has 0 aromatic heterocycles. The van der Waals surface area contributed by atoms with Gasteiger partial charge >= 0.3 is 0 Å². The van der Waals surface area contributed by atoms with Gasteiger partial charge in [-0.05, 0) is 60.1 Å². The first kappa shape index (κ1) is 21.3. The largest absolute Gasteiger partial charge is 0.493 e. The number of rotatable bonds is 7. The molecule has 0 unspecified atom stereocenters. The molecule has 1 amide bonds. The second kappa shape index (κ2) is 9.37. The minimum atomic E-state index is -0.293. The van der Waals surface area contributed by atoms with Gasteiger partial charge in [0.05, 0.1) is 7.11 Å². The summed E-state index contributed by atoms with van der Waals surface area (Å²) in [4.78, 5) is 14.1. The minimum absolute atomic E-state index is 0.153. The van der Waals surface area contributed by atoms with Crippen molar-refractivity contribution in [3.8, 4) is 11.5 Å². The second-order valence-electron chi connectivity index (χ2n) is 6.38. The Hall–Kier alpha value is -2.45. The number of hydrogen-bond acceptors (Lipinski definition) is 4. The van der Waals surface area contributed by atoms with E-state index in [9.17, 15) is 9.18 Å². The Bertz CT molecular complexity index is 963. The molecular weight excluding hydrogens is 459 g/mol. The molecule has 1 saturated heterocycles. The van der Waals surface area contributed by atoms with Crippen LogP contribution in [0.25, 0.3) is 6.08 Å². The molecule has 0 saturated carbocycles. The van der Waals surface area contributed by atoms with E-state index >= 15 is 0 Å². The van der Waals surface area contributed by atoms with Gasteiger partial charge in [-0.2, -0.15) is 0 Å². The number of carbonyl (C=O) groups excluding carboxylic acids is 1. The molecule has 29 heavy (non-hydrogen) atoms. The topological polar surface area (TPSA) is 50.8 Å². The van der Waals surface area contributed by atoms with E-state index in [-0.39, 0.29) is 18.3 Å². The lowest BCUT2D eigenvalue weighted by atomic mass is 10.1. The van der Waals surface area contributed by atoms with Crippen molar-refractivity contribution in [2.75, 3.05) is 13.7 Å². The Kier molecular flexibility index (Phi) is 6.87. The molecule has 8 heteroatoms. The third-order valence-corrected chi connectivity index (χ3v) is 5.31. The summed E-state index contributed by atoms with van der Waals surface area (Å²) < 4.78 is 25.1. The highest BCUT2D eigenvalue weighted by Crippen LogP contribution is 2.35. The molecule has 0 radical (unpaired) electrons. The summed E-state index contributed by atoms with van der Waals surface area (Å²) in [5, 5.41) is 3.37. The first-order chi connectivity index (χ1) is 13.9. The van der Waals surface area contributed by atoms with E-state index < -0.39 is 0 Å². The van der Waals surface area contributed by atoms with E-state index in [0.29, 0.717) is 28.9 Å². The van der Waals surface area contributed by atoms with Crippen LogP contribution in [-0.2, 0) is 11.4 Å². The van der Waals surface area contributed by atoms with Crippen molar-refractivity contribution in [2.45, 2.75) is 20.0 Å². The summed E-state index contributed by atoms with van der Waals surface area (Å²) in [6.45, 7) is 2.83. The third kappa shape index (κ3) is 4.94. The highest BCUT2D eigenvalue weighted by Gasteiger charge is 2.30. The van der Waals surface area contributed by atoms with Gasteiger partial charge in [-0.15, -0.1) is 0 Å². The van der Waals surface area contributed by atoms with Gasteiger partial charge in [0.1, 0.15) is 18.1 Å². The lowest BCUT2D eigenvalue weighted by Crippen LogP contribution is -2.31. The first-order valence-electron chi connectivity index (χ1n) is 9.02. The Morgan fingerprint density at radius 2 is 1.97 bits per heavy atom. The van der Waals surface area contributed by atoms with Crippen molar-refractivity contribution in [3.05, 3.63) is 63.5 Å². The number of carbonyl (C=O) groups is 1. The molecule has 0 aliphatic carbocycles. The number of hydrogen-bond donors (Lipinski definition) is 1. The van der Waals surface area contributed by atoms with Crippen LogP contribution in [0, 0.1) is 5.82 Å². The van der Waals surface area contributed by atoms with Crippen LogP contribution in [0.15, 0.2) is 46.6 Å². The number of ether oxygens (including phenoxy) is 2. The molecule has 1 aliphatic rings. The lowest BCUT2D eigenvalue weighted by Gasteiger charge is -2.13. The van der Waals surface area contributed by atoms with Gasteiger partial charge < -0.3 is 14.8 Å². The van der Waals surface area contributed by atoms with Gasteiger partial charge in [0.2, 0.25) is 0 Å². The zero-order valence-corrected chi connectivity index (χ0v) is 18.4. The van der Waals surface area contributed by atoms with Gasteiger partial charge in [-0.3, -0.25) is 9.69 Å². The number of thiocarbonyl (C=S) groups is 1. The molecule has 1 N–H and O–H groups in total. The maximum Gasteiger partial charge on any atom is 0.276 e. The van der Waals surface area contributed by atoms with Crippen LogP contribution in [0.3, 0.4) is 0 Å². The summed E-state index contributed by atoms with van der Waals surface area (Å²) in [7, 11) is 1.54. The van der Waals surface area contributed by atoms with E-state index in [4.69, 9.17) is 21.7 Å². The fourth-order valence-corrected chi connectivity index (χ4v) is 3.55. The predicted octanol–water partition coefficient (Wildman–Crippen LogP) is 4.64. The fraction of sp³-hybridized carbons (Fsp3) is 0.238. The number of amides is 1. The molecule has 3 rings (SSSR count). The Morgan fingerprint density at radius 3 is 2.62 bits per heavy atom. The molecular formula is C21H20BrFN2O3S. The molecule has 2 aromatic rings. The zero-order chi connectivity index (χ0) is 21.0. The van der Waals surface area contributed by atoms with Crippen LogP contribution in [0.5, 0.6) is 11.5 Å². The van der Waals surface area contributed by atoms with E-state index in [2.05, 4.69) is 21.2 Å². The van der Waals surface area contributed by atoms with Crippen LogP contribution in [0.4, 0.5) is 4.39 Å². The molecule has 1 aliphatic heterocycles. The van der Waals surface area contributed by atoms with Crippen LogP contribution in [-0.4, -0.2) is 29.6 Å². The van der Waals surface area contributed by atoms with Crippen molar-refractivity contribution in [1.82, 2.24) is 10.2 Å². The number of methoxy groups -OCH3 is 1. The summed E-state index contributed by atoms with van der Waals surface area (Å²) >= 11 is 8.76. The highest BCUT2D eigenvalue weighted by molar-refractivity contribution is 9.10. The smallest absolute Gasteiger partial charge is 0.276 e. The maximum absolute atomic E-state index is 13.0. The Labute approximate surface area is 182 Å². The zero-order valence-electron chi connectivity index (χ0n) is 16.0. The van der Waals surface area contributed by atoms with Crippen LogP contribution < -0.4 is 14.8 Å². The van der Waals surface area contributed by atoms with Gasteiger partial charge in [-0.25, -0.2) is 4.39 Å². The van der Waals surface area contributed by atoms with E-state index in [0.717, 1.165) is 22.0 Å². The van der Waals surface area contributed by atoms with Crippen molar-refractivity contribution in [3.63, 3.8) is 0 Å². The maximum atomic E-state index is 13.0. The molecule has 2 aromatic carbocycles. The molecule has 0 bridgehead atoms. The molecule has 5 nitrogen and oxygen atoms in total. The van der Waals surface area contributed by atoms with E-state index in [1.807, 2.05) is 6.92 Å². The number of halogens is 2. The summed E-state index contributed by atoms with van der Waals surface area (Å²) in [6.07, 6.45) is 2.54. The van der Waals surface area contributed by atoms with Crippen LogP contribution in [0.2, 0.25) is 0 Å². The molecule has 1 heterocycles. The fourth-order valence-electron chi connectivity index (χ4n) is 2.83. The van der Waals surface area contributed by atoms with Crippen LogP contribution >= 0.6 is 28.1 Å². The van der Waals surface area contributed by atoms with Gasteiger partial charge in [-0.1, -0.05) is 35.0 Å². The lowest BCUT2D eigenvalue weighted by molar-refractivity contribution is -0.122. The Morgan fingerprint density at radius 1 is 1.24 bits per heavy atom. The number of nitrogens with zero attached hydrogens (tertiary/aromatic N) is 1. The average molecular weight is 479 g/mol. The van der Waals surface area contributed by atoms with Gasteiger partial charge in [0.15, 0.2) is 16.6 Å². The van der Waals surface area contributed by atoms with Gasteiger partial charge in [0.25, 0.3) is 5.91 Å². The van der Waals surface area contributed by atoms with Crippen molar-refractivity contribution in [2.24, 2.45) is 0 Å². The van der Waals surface area contributed by atoms with Crippen molar-refractivity contribution < 1.29 is 18.7 Å². The van der Waals surface area contributed by atoms with E-state index in [1.54, 1.807) is 42.4 Å². The third-order valence-electron chi connectivity index (χ3n) is 4.30. The van der Waals surface area contributed by atoms with Crippen LogP contribution in [0.1, 0.15) is 24.5 Å². The minimum Gasteiger partial charge on any atom is -0.493 e. The van der Waals surface area contributed by atoms with Gasteiger partial charge in [0, 0.05) is 11.0 Å². The van der Waals surface area contributed by atoms with Crippen molar-refractivity contribution >= 4 is 45.2 Å². The summed E-state index contributed by atoms with van der Waals surface area (Å²) in [5.74, 6) is 0.596. The quantitative estimate of drug-likeness (QED) is 0.463. The first-order valence-corrected chi connectivity index (χ1v) is 10.2. The second-order valence-corrected chi connectivity index (χ2v) is 7.63. The van der Waals surface area contributed by atoms with E-state index in [1.165, 1.54) is 12.1 Å². The molecule has 0 spiro atoms. The number of benzene rings is 2. The SMILES string of the molecule is CCCN1C(=O)C(=Cc2cc(OC)c(OCc3ccc(F)cc3)cc2Br)NC1=S. The highest BCUT2D eigenvalue weighted by atomic mass is 79.9. The summed E-state index contributed by atoms with van der Waals surface area (Å²) in [6, 6.07) is 9.65. The Balaban J connectivity index is 1.82. The monoisotopic (exact) mass is 478 g/mol. The number of nitrogens with one attached hydrogen (secondary N) is 1. The molecule has 1 fully saturated rings. The van der Waals surface area contributed by atoms with Crippen molar-refractivity contribution in [1.29, 1.82) is 0 Å². The predicted molar refractivity (Wildman–Crippen MR) is 117 cm³/mol. The normalized spacial score (nSPS) is 15.0. The molecule has 152 valence electrons. The summed E-state index contributed by atoms with van der Waals surface area (Å²) in [5.41, 5.74) is 1.99.